The number of rotatable bonds is 1. The minimum Gasteiger partial charge on any atom is -0.378 e. The first kappa shape index (κ1) is 10.6. The van der Waals surface area contributed by atoms with Crippen molar-refractivity contribution in [2.24, 2.45) is 0 Å². The van der Waals surface area contributed by atoms with Crippen molar-refractivity contribution in [3.8, 4) is 0 Å². The number of aromatic amines is 2. The van der Waals surface area contributed by atoms with Crippen LogP contribution in [0.25, 0.3) is 0 Å². The van der Waals surface area contributed by atoms with E-state index in [1.54, 1.807) is 0 Å². The van der Waals surface area contributed by atoms with Gasteiger partial charge in [0, 0.05) is 19.3 Å². The summed E-state index contributed by atoms with van der Waals surface area (Å²) in [5.41, 5.74) is -1.34. The van der Waals surface area contributed by atoms with Crippen molar-refractivity contribution >= 4 is 5.91 Å². The largest absolute Gasteiger partial charge is 0.378 e. The quantitative estimate of drug-likeness (QED) is 0.610. The molecule has 0 bridgehead atoms. The normalized spacial score (nSPS) is 16.1. The van der Waals surface area contributed by atoms with Gasteiger partial charge >= 0.3 is 5.69 Å². The first-order chi connectivity index (χ1) is 7.68. The summed E-state index contributed by atoms with van der Waals surface area (Å²) in [4.78, 5) is 39.8. The molecular formula is C9H11N3O4. The predicted molar refractivity (Wildman–Crippen MR) is 54.4 cm³/mol. The average molecular weight is 225 g/mol. The van der Waals surface area contributed by atoms with E-state index < -0.39 is 11.2 Å². The fraction of sp³-hybridized carbons (Fsp3) is 0.444. The van der Waals surface area contributed by atoms with Gasteiger partial charge in [0.05, 0.1) is 13.2 Å². The van der Waals surface area contributed by atoms with Crippen molar-refractivity contribution in [1.29, 1.82) is 0 Å². The molecule has 0 unspecified atom stereocenters. The summed E-state index contributed by atoms with van der Waals surface area (Å²) in [6, 6.07) is 0. The number of aromatic nitrogens is 2. The highest BCUT2D eigenvalue weighted by molar-refractivity contribution is 5.93. The standard InChI is InChI=1S/C9H11N3O4/c13-7-6(5-10-9(15)11-7)8(14)12-1-3-16-4-2-12/h5H,1-4H2,(H2,10,11,13,15). The lowest BCUT2D eigenvalue weighted by atomic mass is 10.2. The molecule has 16 heavy (non-hydrogen) atoms. The van der Waals surface area contributed by atoms with Crippen LogP contribution in [0.15, 0.2) is 15.8 Å². The van der Waals surface area contributed by atoms with Gasteiger partial charge in [0.1, 0.15) is 5.56 Å². The van der Waals surface area contributed by atoms with Gasteiger partial charge in [0.2, 0.25) is 0 Å². The van der Waals surface area contributed by atoms with Gasteiger partial charge in [-0.15, -0.1) is 0 Å². The van der Waals surface area contributed by atoms with Crippen molar-refractivity contribution in [2.75, 3.05) is 26.3 Å². The number of nitrogens with one attached hydrogen (secondary N) is 2. The van der Waals surface area contributed by atoms with Crippen LogP contribution in [0.5, 0.6) is 0 Å². The highest BCUT2D eigenvalue weighted by Gasteiger charge is 2.20. The zero-order chi connectivity index (χ0) is 11.5. The molecule has 1 aromatic rings. The Morgan fingerprint density at radius 3 is 2.62 bits per heavy atom. The zero-order valence-electron chi connectivity index (χ0n) is 8.49. The third kappa shape index (κ3) is 2.03. The van der Waals surface area contributed by atoms with Gasteiger partial charge < -0.3 is 14.6 Å². The number of carbonyl (C=O) groups excluding carboxylic acids is 1. The Morgan fingerprint density at radius 1 is 1.31 bits per heavy atom. The van der Waals surface area contributed by atoms with Crippen LogP contribution in [0.3, 0.4) is 0 Å². The Hall–Kier alpha value is -1.89. The van der Waals surface area contributed by atoms with Gasteiger partial charge in [0.15, 0.2) is 0 Å². The highest BCUT2D eigenvalue weighted by atomic mass is 16.5. The second-order valence-electron chi connectivity index (χ2n) is 3.39. The van der Waals surface area contributed by atoms with Crippen LogP contribution in [0.4, 0.5) is 0 Å². The summed E-state index contributed by atoms with van der Waals surface area (Å²) in [6.45, 7) is 1.84. The summed E-state index contributed by atoms with van der Waals surface area (Å²) >= 11 is 0. The number of hydrogen-bond donors (Lipinski definition) is 2. The molecule has 0 aliphatic carbocycles. The van der Waals surface area contributed by atoms with Gasteiger partial charge in [-0.1, -0.05) is 0 Å². The Labute approximate surface area is 90.0 Å². The molecule has 0 spiro atoms. The minimum absolute atomic E-state index is 0.0542. The summed E-state index contributed by atoms with van der Waals surface area (Å²) in [5.74, 6) is -0.388. The van der Waals surface area contributed by atoms with Crippen molar-refractivity contribution in [3.63, 3.8) is 0 Å². The van der Waals surface area contributed by atoms with E-state index in [2.05, 4.69) is 4.98 Å². The third-order valence-electron chi connectivity index (χ3n) is 2.35. The Kier molecular flexibility index (Phi) is 2.86. The van der Waals surface area contributed by atoms with E-state index >= 15 is 0 Å². The molecule has 0 saturated carbocycles. The molecule has 1 aliphatic heterocycles. The van der Waals surface area contributed by atoms with Crippen LogP contribution in [-0.4, -0.2) is 47.1 Å². The number of ether oxygens (including phenoxy) is 1. The second kappa shape index (κ2) is 4.31. The lowest BCUT2D eigenvalue weighted by Gasteiger charge is -2.26. The average Bonchev–Trinajstić information content (AvgIpc) is 2.29. The lowest BCUT2D eigenvalue weighted by Crippen LogP contribution is -2.43. The maximum Gasteiger partial charge on any atom is 0.325 e. The van der Waals surface area contributed by atoms with E-state index in [0.29, 0.717) is 26.3 Å². The molecule has 1 amide bonds. The van der Waals surface area contributed by atoms with E-state index in [-0.39, 0.29) is 11.5 Å². The Balaban J connectivity index is 2.26. The maximum absolute atomic E-state index is 11.9. The highest BCUT2D eigenvalue weighted by Crippen LogP contribution is 2.01. The fourth-order valence-electron chi connectivity index (χ4n) is 1.51. The molecule has 2 N–H and O–H groups in total. The molecule has 86 valence electrons. The predicted octanol–water partition coefficient (Wildman–Crippen LogP) is -1.46. The van der Waals surface area contributed by atoms with Crippen LogP contribution in [0.2, 0.25) is 0 Å². The smallest absolute Gasteiger partial charge is 0.325 e. The van der Waals surface area contributed by atoms with Crippen LogP contribution >= 0.6 is 0 Å². The molecule has 2 rings (SSSR count). The molecule has 0 atom stereocenters. The summed E-state index contributed by atoms with van der Waals surface area (Å²) in [5, 5.41) is 0. The third-order valence-corrected chi connectivity index (χ3v) is 2.35. The van der Waals surface area contributed by atoms with Crippen LogP contribution in [0.1, 0.15) is 10.4 Å². The van der Waals surface area contributed by atoms with Crippen molar-refractivity contribution in [1.82, 2.24) is 14.9 Å². The number of H-pyrrole nitrogens is 2. The van der Waals surface area contributed by atoms with E-state index in [4.69, 9.17) is 4.74 Å². The van der Waals surface area contributed by atoms with E-state index in [9.17, 15) is 14.4 Å². The molecular weight excluding hydrogens is 214 g/mol. The maximum atomic E-state index is 11.9. The van der Waals surface area contributed by atoms with Crippen molar-refractivity contribution in [2.45, 2.75) is 0 Å². The molecule has 1 fully saturated rings. The molecule has 7 heteroatoms. The molecule has 2 heterocycles. The second-order valence-corrected chi connectivity index (χ2v) is 3.39. The monoisotopic (exact) mass is 225 g/mol. The van der Waals surface area contributed by atoms with Crippen molar-refractivity contribution in [3.05, 3.63) is 32.6 Å². The van der Waals surface area contributed by atoms with E-state index in [0.717, 1.165) is 6.20 Å². The molecule has 1 aliphatic rings. The van der Waals surface area contributed by atoms with Gasteiger partial charge in [-0.2, -0.15) is 0 Å². The topological polar surface area (TPSA) is 95.3 Å². The summed E-state index contributed by atoms with van der Waals surface area (Å²) in [6.07, 6.45) is 1.14. The SMILES string of the molecule is O=C(c1c[nH]c(=O)[nH]c1=O)N1CCOCC1. The number of amides is 1. The van der Waals surface area contributed by atoms with Crippen LogP contribution < -0.4 is 11.2 Å². The first-order valence-corrected chi connectivity index (χ1v) is 4.87. The molecule has 7 nitrogen and oxygen atoms in total. The molecule has 1 aromatic heterocycles. The van der Waals surface area contributed by atoms with Gasteiger partial charge in [0.25, 0.3) is 11.5 Å². The van der Waals surface area contributed by atoms with Crippen molar-refractivity contribution < 1.29 is 9.53 Å². The fourth-order valence-corrected chi connectivity index (χ4v) is 1.51. The van der Waals surface area contributed by atoms with Gasteiger partial charge in [-0.25, -0.2) is 4.79 Å². The Morgan fingerprint density at radius 2 is 2.00 bits per heavy atom. The first-order valence-electron chi connectivity index (χ1n) is 4.87. The van der Waals surface area contributed by atoms with Crippen LogP contribution in [-0.2, 0) is 4.74 Å². The number of hydrogen-bond acceptors (Lipinski definition) is 4. The van der Waals surface area contributed by atoms with Gasteiger partial charge in [-0.3, -0.25) is 14.6 Å². The van der Waals surface area contributed by atoms with Crippen LogP contribution in [0, 0.1) is 0 Å². The molecule has 1 saturated heterocycles. The van der Waals surface area contributed by atoms with E-state index in [1.807, 2.05) is 4.98 Å². The Bertz CT molecular complexity index is 498. The van der Waals surface area contributed by atoms with Gasteiger partial charge in [-0.05, 0) is 0 Å². The minimum atomic E-state index is -0.666. The molecule has 0 aromatic carbocycles. The summed E-state index contributed by atoms with van der Waals surface area (Å²) in [7, 11) is 0. The summed E-state index contributed by atoms with van der Waals surface area (Å²) < 4.78 is 5.10. The molecule has 0 radical (unpaired) electrons. The van der Waals surface area contributed by atoms with E-state index in [1.165, 1.54) is 4.90 Å². The number of carbonyl (C=O) groups is 1. The number of nitrogens with zero attached hydrogens (tertiary/aromatic N) is 1. The zero-order valence-corrected chi connectivity index (χ0v) is 8.49. The number of morpholine rings is 1. The lowest BCUT2D eigenvalue weighted by molar-refractivity contribution is 0.0301.